The van der Waals surface area contributed by atoms with E-state index in [1.54, 1.807) is 18.3 Å². The SMILES string of the molecule is CN(CCCNc1ncncc1Br)C(O)C1CCC1.[B]Oc1ccc(NC)cc1. The van der Waals surface area contributed by atoms with Gasteiger partial charge in [0.15, 0.2) is 0 Å². The molecular weight excluding hydrogens is 433 g/mol. The molecule has 156 valence electrons. The van der Waals surface area contributed by atoms with Gasteiger partial charge >= 0.3 is 8.05 Å². The lowest BCUT2D eigenvalue weighted by molar-refractivity contribution is -0.0508. The van der Waals surface area contributed by atoms with Crippen molar-refractivity contribution < 1.29 is 9.76 Å². The van der Waals surface area contributed by atoms with Crippen molar-refractivity contribution in [3.63, 3.8) is 0 Å². The van der Waals surface area contributed by atoms with E-state index in [0.717, 1.165) is 48.3 Å². The molecule has 0 bridgehead atoms. The Labute approximate surface area is 182 Å². The van der Waals surface area contributed by atoms with E-state index in [9.17, 15) is 5.11 Å². The van der Waals surface area contributed by atoms with Gasteiger partial charge in [0.05, 0.1) is 10.2 Å². The van der Waals surface area contributed by atoms with Crippen LogP contribution in [0.25, 0.3) is 0 Å². The van der Waals surface area contributed by atoms with Crippen LogP contribution >= 0.6 is 15.9 Å². The van der Waals surface area contributed by atoms with Crippen LogP contribution in [0.4, 0.5) is 11.5 Å². The molecule has 0 amide bonds. The van der Waals surface area contributed by atoms with Crippen LogP contribution in [0.2, 0.25) is 0 Å². The molecule has 1 fully saturated rings. The number of hydrogen-bond donors (Lipinski definition) is 3. The highest BCUT2D eigenvalue weighted by Crippen LogP contribution is 2.30. The molecule has 2 radical (unpaired) electrons. The number of aliphatic hydroxyl groups is 1. The van der Waals surface area contributed by atoms with Crippen molar-refractivity contribution in [2.24, 2.45) is 5.92 Å². The summed E-state index contributed by atoms with van der Waals surface area (Å²) in [6.45, 7) is 1.71. The van der Waals surface area contributed by atoms with Crippen LogP contribution < -0.4 is 15.3 Å². The highest BCUT2D eigenvalue weighted by molar-refractivity contribution is 9.10. The topological polar surface area (TPSA) is 82.5 Å². The second-order valence-electron chi connectivity index (χ2n) is 6.98. The molecule has 1 heterocycles. The first-order valence-electron chi connectivity index (χ1n) is 9.77. The molecule has 0 saturated heterocycles. The number of nitrogens with zero attached hydrogens (tertiary/aromatic N) is 3. The monoisotopic (exact) mass is 461 g/mol. The van der Waals surface area contributed by atoms with E-state index in [4.69, 9.17) is 8.05 Å². The fourth-order valence-electron chi connectivity index (χ4n) is 2.91. The fourth-order valence-corrected chi connectivity index (χ4v) is 3.27. The van der Waals surface area contributed by atoms with E-state index in [1.165, 1.54) is 12.7 Å². The summed E-state index contributed by atoms with van der Waals surface area (Å²) in [5.41, 5.74) is 1.04. The number of anilines is 2. The summed E-state index contributed by atoms with van der Waals surface area (Å²) >= 11 is 3.40. The Morgan fingerprint density at radius 3 is 2.62 bits per heavy atom. The Bertz CT molecular complexity index is 695. The summed E-state index contributed by atoms with van der Waals surface area (Å²) < 4.78 is 5.36. The van der Waals surface area contributed by atoms with Crippen molar-refractivity contribution in [1.82, 2.24) is 14.9 Å². The third-order valence-electron chi connectivity index (χ3n) is 4.95. The smallest absolute Gasteiger partial charge is 0.374 e. The van der Waals surface area contributed by atoms with E-state index >= 15 is 0 Å². The minimum Gasteiger partial charge on any atom is -0.568 e. The molecule has 7 nitrogen and oxygen atoms in total. The van der Waals surface area contributed by atoms with Gasteiger partial charge < -0.3 is 20.4 Å². The van der Waals surface area contributed by atoms with Gasteiger partial charge in [-0.25, -0.2) is 9.97 Å². The zero-order chi connectivity index (χ0) is 21.1. The molecule has 9 heteroatoms. The minimum absolute atomic E-state index is 0.278. The van der Waals surface area contributed by atoms with E-state index < -0.39 is 0 Å². The van der Waals surface area contributed by atoms with Gasteiger partial charge in [-0.1, -0.05) is 6.42 Å². The molecule has 1 aromatic carbocycles. The molecule has 1 unspecified atom stereocenters. The fraction of sp³-hybridized carbons (Fsp3) is 0.500. The predicted molar refractivity (Wildman–Crippen MR) is 121 cm³/mol. The second kappa shape index (κ2) is 12.7. The quantitative estimate of drug-likeness (QED) is 0.300. The lowest BCUT2D eigenvalue weighted by Gasteiger charge is -2.35. The molecule has 1 saturated carbocycles. The molecule has 1 aromatic heterocycles. The minimum atomic E-state index is -0.278. The number of benzene rings is 1. The Hall–Kier alpha value is -1.84. The molecule has 1 aliphatic rings. The van der Waals surface area contributed by atoms with Crippen LogP contribution in [0.1, 0.15) is 25.7 Å². The highest BCUT2D eigenvalue weighted by Gasteiger charge is 2.27. The van der Waals surface area contributed by atoms with Crippen molar-refractivity contribution >= 4 is 35.5 Å². The second-order valence-corrected chi connectivity index (χ2v) is 7.83. The first-order chi connectivity index (χ1) is 14.0. The van der Waals surface area contributed by atoms with Crippen molar-refractivity contribution in [3.05, 3.63) is 41.3 Å². The normalized spacial score (nSPS) is 14.4. The van der Waals surface area contributed by atoms with E-state index in [-0.39, 0.29) is 6.23 Å². The van der Waals surface area contributed by atoms with Gasteiger partial charge in [-0.2, -0.15) is 0 Å². The van der Waals surface area contributed by atoms with Crippen LogP contribution in [0.5, 0.6) is 5.75 Å². The van der Waals surface area contributed by atoms with Crippen molar-refractivity contribution in [2.75, 3.05) is 37.8 Å². The van der Waals surface area contributed by atoms with Gasteiger partial charge in [0, 0.05) is 32.0 Å². The van der Waals surface area contributed by atoms with E-state index in [0.29, 0.717) is 11.7 Å². The number of nitrogens with one attached hydrogen (secondary N) is 2. The predicted octanol–water partition coefficient (Wildman–Crippen LogP) is 3.28. The molecule has 0 aliphatic heterocycles. The van der Waals surface area contributed by atoms with Crippen molar-refractivity contribution in [3.8, 4) is 5.75 Å². The van der Waals surface area contributed by atoms with Crippen LogP contribution in [-0.2, 0) is 0 Å². The molecular formula is C20H29BBrN5O2. The number of aromatic nitrogens is 2. The summed E-state index contributed by atoms with van der Waals surface area (Å²) in [6, 6.07) is 7.38. The number of aliphatic hydroxyl groups excluding tert-OH is 1. The summed E-state index contributed by atoms with van der Waals surface area (Å²) in [7, 11) is 8.77. The Morgan fingerprint density at radius 1 is 1.34 bits per heavy atom. The maximum absolute atomic E-state index is 10.1. The maximum atomic E-state index is 10.1. The first-order valence-corrected chi connectivity index (χ1v) is 10.6. The summed E-state index contributed by atoms with van der Waals surface area (Å²) in [5.74, 6) is 1.96. The number of halogens is 1. The average Bonchev–Trinajstić information content (AvgIpc) is 2.71. The van der Waals surface area contributed by atoms with Gasteiger partial charge in [-0.05, 0) is 72.4 Å². The zero-order valence-electron chi connectivity index (χ0n) is 17.0. The van der Waals surface area contributed by atoms with Crippen LogP contribution in [0, 0.1) is 5.92 Å². The number of rotatable bonds is 9. The molecule has 3 rings (SSSR count). The molecule has 2 aromatic rings. The third-order valence-corrected chi connectivity index (χ3v) is 5.53. The summed E-state index contributed by atoms with van der Waals surface area (Å²) in [5, 5.41) is 16.3. The van der Waals surface area contributed by atoms with Crippen LogP contribution in [0.3, 0.4) is 0 Å². The third kappa shape index (κ3) is 7.83. The van der Waals surface area contributed by atoms with Crippen LogP contribution in [0.15, 0.2) is 41.3 Å². The summed E-state index contributed by atoms with van der Waals surface area (Å²) in [6.07, 6.45) is 7.53. The molecule has 3 N–H and O–H groups in total. The van der Waals surface area contributed by atoms with Crippen LogP contribution in [-0.4, -0.2) is 61.4 Å². The van der Waals surface area contributed by atoms with Gasteiger partial charge in [0.1, 0.15) is 18.4 Å². The standard InChI is InChI=1S/C13H21BrN4O.C7H8BNO/c1-18(13(19)10-4-2-5-10)7-3-6-16-12-11(14)8-15-9-17-12;1-9-6-2-4-7(10-8)5-3-6/h8-10,13,19H,2-7H2,1H3,(H,15,16,17);2-5,9H,1H3. The molecule has 1 aliphatic carbocycles. The van der Waals surface area contributed by atoms with Crippen molar-refractivity contribution in [2.45, 2.75) is 31.9 Å². The van der Waals surface area contributed by atoms with Gasteiger partial charge in [0.25, 0.3) is 0 Å². The Morgan fingerprint density at radius 2 is 2.07 bits per heavy atom. The molecule has 29 heavy (non-hydrogen) atoms. The zero-order valence-corrected chi connectivity index (χ0v) is 18.6. The summed E-state index contributed by atoms with van der Waals surface area (Å²) in [4.78, 5) is 10.1. The highest BCUT2D eigenvalue weighted by atomic mass is 79.9. The lowest BCUT2D eigenvalue weighted by Crippen LogP contribution is -2.41. The maximum Gasteiger partial charge on any atom is 0.374 e. The molecule has 0 spiro atoms. The Balaban J connectivity index is 0.000000253. The van der Waals surface area contributed by atoms with Gasteiger partial charge in [-0.3, -0.25) is 4.90 Å². The van der Waals surface area contributed by atoms with Gasteiger partial charge in [0.2, 0.25) is 0 Å². The lowest BCUT2D eigenvalue weighted by atomic mass is 9.83. The van der Waals surface area contributed by atoms with E-state index in [2.05, 4.69) is 41.2 Å². The van der Waals surface area contributed by atoms with Gasteiger partial charge in [-0.15, -0.1) is 0 Å². The number of hydrogen-bond acceptors (Lipinski definition) is 7. The van der Waals surface area contributed by atoms with E-state index in [1.807, 2.05) is 31.1 Å². The van der Waals surface area contributed by atoms with Crippen molar-refractivity contribution in [1.29, 1.82) is 0 Å². The molecule has 1 atom stereocenters. The average molecular weight is 462 g/mol. The first kappa shape index (κ1) is 23.4. The Kier molecular flexibility index (Phi) is 10.2. The largest absolute Gasteiger partial charge is 0.568 e.